The van der Waals surface area contributed by atoms with E-state index in [4.69, 9.17) is 0 Å². The summed E-state index contributed by atoms with van der Waals surface area (Å²) in [6, 6.07) is 12.1. The Bertz CT molecular complexity index is 802. The minimum atomic E-state index is -0.502. The van der Waals surface area contributed by atoms with E-state index in [1.807, 2.05) is 36.0 Å². The summed E-state index contributed by atoms with van der Waals surface area (Å²) in [6.45, 7) is 0. The topological polar surface area (TPSA) is 84.3 Å². The largest absolute Gasteiger partial charge is 0.383 e. The van der Waals surface area contributed by atoms with Crippen molar-refractivity contribution in [2.24, 2.45) is 0 Å². The predicted octanol–water partition coefficient (Wildman–Crippen LogP) is 4.92. The lowest BCUT2D eigenvalue weighted by Gasteiger charge is -2.10. The zero-order valence-electron chi connectivity index (χ0n) is 14.5. The fourth-order valence-corrected chi connectivity index (χ4v) is 4.30. The van der Waals surface area contributed by atoms with Crippen LogP contribution in [-0.2, 0) is 0 Å². The number of carbonyl (C=O) groups excluding carboxylic acids is 1. The Morgan fingerprint density at radius 3 is 2.46 bits per heavy atom. The third-order valence-corrected chi connectivity index (χ3v) is 5.79. The molecule has 0 heterocycles. The van der Waals surface area contributed by atoms with Crippen LogP contribution < -0.4 is 10.6 Å². The molecule has 0 spiro atoms. The van der Waals surface area contributed by atoms with Crippen molar-refractivity contribution in [3.63, 3.8) is 0 Å². The van der Waals surface area contributed by atoms with Gasteiger partial charge in [-0.3, -0.25) is 14.9 Å². The van der Waals surface area contributed by atoms with Crippen LogP contribution in [0.15, 0.2) is 47.4 Å². The van der Waals surface area contributed by atoms with Crippen molar-refractivity contribution >= 4 is 34.7 Å². The fourth-order valence-electron chi connectivity index (χ4n) is 3.05. The molecule has 2 aromatic carbocycles. The molecule has 2 aromatic rings. The van der Waals surface area contributed by atoms with Gasteiger partial charge >= 0.3 is 0 Å². The fraction of sp³-hybridized carbons (Fsp3) is 0.316. The van der Waals surface area contributed by atoms with E-state index in [9.17, 15) is 14.9 Å². The highest BCUT2D eigenvalue weighted by atomic mass is 32.2. The van der Waals surface area contributed by atoms with Gasteiger partial charge in [-0.1, -0.05) is 12.8 Å². The summed E-state index contributed by atoms with van der Waals surface area (Å²) >= 11 is 1.89. The number of thioether (sulfide) groups is 1. The molecule has 26 heavy (non-hydrogen) atoms. The van der Waals surface area contributed by atoms with Gasteiger partial charge in [0.1, 0.15) is 5.69 Å². The summed E-state index contributed by atoms with van der Waals surface area (Å²) in [5.74, 6) is -0.369. The molecule has 0 unspecified atom stereocenters. The smallest absolute Gasteiger partial charge is 0.293 e. The van der Waals surface area contributed by atoms with Crippen LogP contribution in [0.25, 0.3) is 0 Å². The number of amides is 1. The van der Waals surface area contributed by atoms with E-state index >= 15 is 0 Å². The molecule has 7 heteroatoms. The number of nitrogens with zero attached hydrogens (tertiary/aromatic N) is 1. The van der Waals surface area contributed by atoms with Crippen molar-refractivity contribution in [1.29, 1.82) is 0 Å². The second-order valence-corrected chi connectivity index (χ2v) is 7.62. The Morgan fingerprint density at radius 1 is 1.15 bits per heavy atom. The molecule has 1 fully saturated rings. The summed E-state index contributed by atoms with van der Waals surface area (Å²) in [7, 11) is 1.60. The minimum absolute atomic E-state index is 0.122. The summed E-state index contributed by atoms with van der Waals surface area (Å²) < 4.78 is 0. The third-order valence-electron chi connectivity index (χ3n) is 4.44. The number of nitro groups is 1. The first-order valence-electron chi connectivity index (χ1n) is 8.61. The zero-order valence-corrected chi connectivity index (χ0v) is 15.3. The summed E-state index contributed by atoms with van der Waals surface area (Å²) in [4.78, 5) is 24.2. The molecule has 2 N–H and O–H groups in total. The minimum Gasteiger partial charge on any atom is -0.383 e. The second-order valence-electron chi connectivity index (χ2n) is 6.24. The molecule has 3 rings (SSSR count). The molecule has 0 saturated heterocycles. The van der Waals surface area contributed by atoms with Gasteiger partial charge in [0, 0.05) is 34.5 Å². The SMILES string of the molecule is CNc1ccc(C(=O)Nc2ccc(SC3CCCC3)cc2)cc1[N+](=O)[O-]. The number of carbonyl (C=O) groups is 1. The number of hydrogen-bond donors (Lipinski definition) is 2. The highest BCUT2D eigenvalue weighted by Gasteiger charge is 2.18. The van der Waals surface area contributed by atoms with Crippen molar-refractivity contribution in [1.82, 2.24) is 0 Å². The lowest BCUT2D eigenvalue weighted by Crippen LogP contribution is -2.12. The maximum atomic E-state index is 12.4. The van der Waals surface area contributed by atoms with Gasteiger partial charge in [-0.15, -0.1) is 11.8 Å². The van der Waals surface area contributed by atoms with Crippen LogP contribution in [0.4, 0.5) is 17.1 Å². The van der Waals surface area contributed by atoms with E-state index < -0.39 is 4.92 Å². The molecule has 1 aliphatic rings. The monoisotopic (exact) mass is 371 g/mol. The summed E-state index contributed by atoms with van der Waals surface area (Å²) in [5, 5.41) is 17.4. The van der Waals surface area contributed by atoms with Gasteiger partial charge in [-0.2, -0.15) is 0 Å². The van der Waals surface area contributed by atoms with Gasteiger partial charge in [0.05, 0.1) is 4.92 Å². The highest BCUT2D eigenvalue weighted by molar-refractivity contribution is 8.00. The van der Waals surface area contributed by atoms with Gasteiger partial charge in [-0.25, -0.2) is 0 Å². The van der Waals surface area contributed by atoms with Crippen molar-refractivity contribution in [3.05, 3.63) is 58.1 Å². The number of hydrogen-bond acceptors (Lipinski definition) is 5. The van der Waals surface area contributed by atoms with Crippen molar-refractivity contribution in [2.75, 3.05) is 17.7 Å². The molecular formula is C19H21N3O3S. The maximum absolute atomic E-state index is 12.4. The first-order chi connectivity index (χ1) is 12.6. The van der Waals surface area contributed by atoms with Crippen molar-refractivity contribution in [2.45, 2.75) is 35.8 Å². The van der Waals surface area contributed by atoms with Crippen LogP contribution in [0.3, 0.4) is 0 Å². The first kappa shape index (κ1) is 18.3. The van der Waals surface area contributed by atoms with Gasteiger partial charge in [-0.05, 0) is 49.2 Å². The quantitative estimate of drug-likeness (QED) is 0.556. The van der Waals surface area contributed by atoms with E-state index in [1.54, 1.807) is 13.1 Å². The van der Waals surface area contributed by atoms with Gasteiger partial charge < -0.3 is 10.6 Å². The molecule has 136 valence electrons. The number of benzene rings is 2. The molecule has 1 saturated carbocycles. The highest BCUT2D eigenvalue weighted by Crippen LogP contribution is 2.35. The van der Waals surface area contributed by atoms with Crippen LogP contribution in [0.5, 0.6) is 0 Å². The normalized spacial score (nSPS) is 14.2. The number of nitrogens with one attached hydrogen (secondary N) is 2. The van der Waals surface area contributed by atoms with Crippen molar-refractivity contribution in [3.8, 4) is 0 Å². The van der Waals surface area contributed by atoms with Crippen LogP contribution in [0.2, 0.25) is 0 Å². The van der Waals surface area contributed by atoms with Gasteiger partial charge in [0.25, 0.3) is 11.6 Å². The summed E-state index contributed by atoms with van der Waals surface area (Å²) in [5.41, 5.74) is 1.18. The predicted molar refractivity (Wildman–Crippen MR) is 105 cm³/mol. The van der Waals surface area contributed by atoms with Crippen LogP contribution in [0, 0.1) is 10.1 Å². The number of rotatable bonds is 6. The van der Waals surface area contributed by atoms with E-state index in [0.717, 1.165) is 0 Å². The van der Waals surface area contributed by atoms with E-state index in [0.29, 0.717) is 16.6 Å². The summed E-state index contributed by atoms with van der Waals surface area (Å²) in [6.07, 6.45) is 5.16. The lowest BCUT2D eigenvalue weighted by atomic mass is 10.1. The first-order valence-corrected chi connectivity index (χ1v) is 9.49. The van der Waals surface area contributed by atoms with Gasteiger partial charge in [0.15, 0.2) is 0 Å². The average Bonchev–Trinajstić information content (AvgIpc) is 3.15. The van der Waals surface area contributed by atoms with E-state index in [2.05, 4.69) is 10.6 Å². The average molecular weight is 371 g/mol. The molecule has 6 nitrogen and oxygen atoms in total. The Balaban J connectivity index is 1.67. The molecule has 0 atom stereocenters. The van der Waals surface area contributed by atoms with E-state index in [1.165, 1.54) is 42.7 Å². The van der Waals surface area contributed by atoms with Crippen molar-refractivity contribution < 1.29 is 9.72 Å². The molecule has 1 amide bonds. The van der Waals surface area contributed by atoms with Crippen LogP contribution in [0.1, 0.15) is 36.0 Å². The van der Waals surface area contributed by atoms with Crippen LogP contribution in [-0.4, -0.2) is 23.1 Å². The number of nitro benzene ring substituents is 1. The molecule has 0 aromatic heterocycles. The Labute approximate surface area is 156 Å². The lowest BCUT2D eigenvalue weighted by molar-refractivity contribution is -0.384. The Morgan fingerprint density at radius 2 is 1.85 bits per heavy atom. The molecule has 0 bridgehead atoms. The zero-order chi connectivity index (χ0) is 18.5. The van der Waals surface area contributed by atoms with Crippen LogP contribution >= 0.6 is 11.8 Å². The number of anilines is 2. The standard InChI is InChI=1S/C19H21N3O3S/c1-20-17-11-6-13(12-18(17)22(24)25)19(23)21-14-7-9-16(10-8-14)26-15-4-2-3-5-15/h6-12,15,20H,2-5H2,1H3,(H,21,23). The Kier molecular flexibility index (Phi) is 5.78. The molecular weight excluding hydrogens is 350 g/mol. The van der Waals surface area contributed by atoms with Gasteiger partial charge in [0.2, 0.25) is 0 Å². The van der Waals surface area contributed by atoms with E-state index in [-0.39, 0.29) is 17.2 Å². The maximum Gasteiger partial charge on any atom is 0.293 e. The molecule has 0 aliphatic heterocycles. The third kappa shape index (κ3) is 4.35. The molecule has 0 radical (unpaired) electrons. The Hall–Kier alpha value is -2.54. The second kappa shape index (κ2) is 8.23. The molecule has 1 aliphatic carbocycles.